The van der Waals surface area contributed by atoms with Crippen molar-refractivity contribution in [1.82, 2.24) is 0 Å². The third kappa shape index (κ3) is 29.3. The fourth-order valence-electron chi connectivity index (χ4n) is 0. The van der Waals surface area contributed by atoms with Gasteiger partial charge in [0.05, 0.1) is 12.2 Å². The van der Waals surface area contributed by atoms with Gasteiger partial charge in [-0.05, 0) is 27.7 Å². The normalized spacial score (nSPS) is 9.00. The zero-order valence-electron chi connectivity index (χ0n) is 11.2. The summed E-state index contributed by atoms with van der Waals surface area (Å²) in [4.78, 5) is 19.2. The summed E-state index contributed by atoms with van der Waals surface area (Å²) in [5, 5.41) is 32.5. The molecule has 0 radical (unpaired) electrons. The highest BCUT2D eigenvalue weighted by Crippen LogP contribution is 1.95. The fraction of sp³-hybridized carbons (Fsp3) is 0.500. The number of hydrogen-bond acceptors (Lipinski definition) is 4. The highest BCUT2D eigenvalue weighted by Gasteiger charge is 2.07. The molecule has 0 bridgehead atoms. The molecule has 6 nitrogen and oxygen atoms in total. The SMILES string of the molecule is C=C(C)C(=O)O.C=C(C)C(=O)O.CC(C)(O)CO. The molecule has 0 aromatic carbocycles. The monoisotopic (exact) mass is 262 g/mol. The molecule has 0 aliphatic heterocycles. The van der Waals surface area contributed by atoms with Gasteiger partial charge in [-0.2, -0.15) is 0 Å². The van der Waals surface area contributed by atoms with Gasteiger partial charge in [-0.15, -0.1) is 0 Å². The van der Waals surface area contributed by atoms with Crippen LogP contribution < -0.4 is 0 Å². The number of carbonyl (C=O) groups is 2. The quantitative estimate of drug-likeness (QED) is 0.565. The molecular weight excluding hydrogens is 240 g/mol. The summed E-state index contributed by atoms with van der Waals surface area (Å²) in [7, 11) is 0. The maximum Gasteiger partial charge on any atom is 0.330 e. The highest BCUT2D eigenvalue weighted by atomic mass is 16.4. The van der Waals surface area contributed by atoms with Crippen LogP contribution in [-0.4, -0.2) is 44.6 Å². The van der Waals surface area contributed by atoms with Gasteiger partial charge >= 0.3 is 11.9 Å². The van der Waals surface area contributed by atoms with Gasteiger partial charge in [0.25, 0.3) is 0 Å². The number of aliphatic hydroxyl groups is 2. The molecule has 0 aromatic heterocycles. The van der Waals surface area contributed by atoms with Crippen LogP contribution in [0.3, 0.4) is 0 Å². The number of hydrogen-bond donors (Lipinski definition) is 4. The Balaban J connectivity index is -0.000000187. The number of aliphatic carboxylic acids is 2. The van der Waals surface area contributed by atoms with Crippen LogP contribution in [-0.2, 0) is 9.59 Å². The Morgan fingerprint density at radius 2 is 1.11 bits per heavy atom. The first-order chi connectivity index (χ1) is 7.85. The summed E-state index contributed by atoms with van der Waals surface area (Å²) in [5.41, 5.74) is -0.551. The van der Waals surface area contributed by atoms with Crippen molar-refractivity contribution in [2.75, 3.05) is 6.61 Å². The van der Waals surface area contributed by atoms with Gasteiger partial charge in [0, 0.05) is 11.1 Å². The van der Waals surface area contributed by atoms with Gasteiger partial charge < -0.3 is 20.4 Å². The third-order valence-electron chi connectivity index (χ3n) is 1.12. The van der Waals surface area contributed by atoms with E-state index in [1.807, 2.05) is 0 Å². The predicted octanol–water partition coefficient (Wildman–Crippen LogP) is 1.04. The van der Waals surface area contributed by atoms with Crippen LogP contribution in [0.5, 0.6) is 0 Å². The van der Waals surface area contributed by atoms with Gasteiger partial charge in [0.1, 0.15) is 0 Å². The number of carboxylic acids is 2. The van der Waals surface area contributed by atoms with Crippen molar-refractivity contribution in [1.29, 1.82) is 0 Å². The highest BCUT2D eigenvalue weighted by molar-refractivity contribution is 5.85. The average molecular weight is 262 g/mol. The number of aliphatic hydroxyl groups excluding tert-OH is 1. The Kier molecular flexibility index (Phi) is 12.6. The lowest BCUT2D eigenvalue weighted by Gasteiger charge is -2.10. The minimum atomic E-state index is -0.935. The second kappa shape index (κ2) is 10.5. The molecule has 0 fully saturated rings. The molecule has 0 aliphatic carbocycles. The topological polar surface area (TPSA) is 115 Å². The molecule has 0 unspecified atom stereocenters. The van der Waals surface area contributed by atoms with Crippen molar-refractivity contribution in [3.63, 3.8) is 0 Å². The van der Waals surface area contributed by atoms with Crippen LogP contribution in [0.15, 0.2) is 24.3 Å². The van der Waals surface area contributed by atoms with Crippen molar-refractivity contribution >= 4 is 11.9 Å². The standard InChI is InChI=1S/C4H10O2.2C4H6O2/c1-4(2,6)3-5;2*1-3(2)4(5)6/h5-6H,3H2,1-2H3;2*1H2,2H3,(H,5,6). The van der Waals surface area contributed by atoms with E-state index in [1.54, 1.807) is 13.8 Å². The van der Waals surface area contributed by atoms with Crippen LogP contribution in [0.4, 0.5) is 0 Å². The van der Waals surface area contributed by atoms with Gasteiger partial charge in [-0.3, -0.25) is 0 Å². The largest absolute Gasteiger partial charge is 0.478 e. The first kappa shape index (κ1) is 21.6. The molecule has 18 heavy (non-hydrogen) atoms. The van der Waals surface area contributed by atoms with E-state index < -0.39 is 17.5 Å². The van der Waals surface area contributed by atoms with Crippen LogP contribution in [0, 0.1) is 0 Å². The van der Waals surface area contributed by atoms with E-state index in [2.05, 4.69) is 13.2 Å². The first-order valence-electron chi connectivity index (χ1n) is 4.96. The van der Waals surface area contributed by atoms with Crippen molar-refractivity contribution in [3.05, 3.63) is 24.3 Å². The van der Waals surface area contributed by atoms with Crippen LogP contribution in [0.1, 0.15) is 27.7 Å². The summed E-state index contributed by atoms with van der Waals surface area (Å²) < 4.78 is 0. The lowest BCUT2D eigenvalue weighted by atomic mass is 10.2. The smallest absolute Gasteiger partial charge is 0.330 e. The van der Waals surface area contributed by atoms with Crippen molar-refractivity contribution in [2.45, 2.75) is 33.3 Å². The molecule has 0 spiro atoms. The molecular formula is C12H22O6. The maximum atomic E-state index is 9.60. The van der Waals surface area contributed by atoms with Gasteiger partial charge in [0.2, 0.25) is 0 Å². The first-order valence-corrected chi connectivity index (χ1v) is 4.96. The Hall–Kier alpha value is -1.66. The van der Waals surface area contributed by atoms with Crippen LogP contribution in [0.2, 0.25) is 0 Å². The maximum absolute atomic E-state index is 9.60. The van der Waals surface area contributed by atoms with E-state index in [0.29, 0.717) is 0 Å². The van der Waals surface area contributed by atoms with E-state index >= 15 is 0 Å². The van der Waals surface area contributed by atoms with Crippen LogP contribution >= 0.6 is 0 Å². The second-order valence-corrected chi connectivity index (χ2v) is 4.14. The Morgan fingerprint density at radius 1 is 1.00 bits per heavy atom. The molecule has 4 N–H and O–H groups in total. The van der Waals surface area contributed by atoms with E-state index in [1.165, 1.54) is 13.8 Å². The average Bonchev–Trinajstić information content (AvgIpc) is 2.18. The zero-order valence-corrected chi connectivity index (χ0v) is 11.2. The molecule has 0 aliphatic rings. The summed E-state index contributed by atoms with van der Waals surface area (Å²) >= 11 is 0. The van der Waals surface area contributed by atoms with Crippen molar-refractivity contribution in [3.8, 4) is 0 Å². The van der Waals surface area contributed by atoms with Gasteiger partial charge in [-0.25, -0.2) is 9.59 Å². The Morgan fingerprint density at radius 3 is 1.11 bits per heavy atom. The predicted molar refractivity (Wildman–Crippen MR) is 68.3 cm³/mol. The van der Waals surface area contributed by atoms with E-state index in [9.17, 15) is 9.59 Å². The molecule has 0 aromatic rings. The number of carboxylic acid groups (broad SMARTS) is 2. The summed E-state index contributed by atoms with van der Waals surface area (Å²) in [6.45, 7) is 12.1. The molecule has 0 heterocycles. The van der Waals surface area contributed by atoms with Gasteiger partial charge in [-0.1, -0.05) is 13.2 Å². The Labute approximate surface area is 107 Å². The van der Waals surface area contributed by atoms with E-state index in [4.69, 9.17) is 20.4 Å². The molecule has 106 valence electrons. The van der Waals surface area contributed by atoms with Crippen LogP contribution in [0.25, 0.3) is 0 Å². The van der Waals surface area contributed by atoms with E-state index in [0.717, 1.165) is 0 Å². The minimum absolute atomic E-state index is 0.174. The van der Waals surface area contributed by atoms with Gasteiger partial charge in [0.15, 0.2) is 0 Å². The van der Waals surface area contributed by atoms with Crippen molar-refractivity contribution in [2.24, 2.45) is 0 Å². The minimum Gasteiger partial charge on any atom is -0.478 e. The summed E-state index contributed by atoms with van der Waals surface area (Å²) in [5.74, 6) is -1.87. The van der Waals surface area contributed by atoms with E-state index in [-0.39, 0.29) is 17.8 Å². The molecule has 0 saturated carbocycles. The molecule has 6 heteroatoms. The lowest BCUT2D eigenvalue weighted by molar-refractivity contribution is -0.133. The molecule has 0 amide bonds. The fourth-order valence-corrected chi connectivity index (χ4v) is 0. The second-order valence-electron chi connectivity index (χ2n) is 4.14. The molecule has 0 atom stereocenters. The summed E-state index contributed by atoms with van der Waals surface area (Å²) in [6, 6.07) is 0. The molecule has 0 saturated heterocycles. The lowest BCUT2D eigenvalue weighted by Crippen LogP contribution is -2.23. The van der Waals surface area contributed by atoms with Crippen molar-refractivity contribution < 1.29 is 30.0 Å². The Bertz CT molecular complexity index is 250. The third-order valence-corrected chi connectivity index (χ3v) is 1.12. The summed E-state index contributed by atoms with van der Waals surface area (Å²) in [6.07, 6.45) is 0. The number of rotatable bonds is 3. The zero-order chi connectivity index (χ0) is 15.5. The molecule has 0 rings (SSSR count).